The van der Waals surface area contributed by atoms with E-state index in [0.29, 0.717) is 5.75 Å². The summed E-state index contributed by atoms with van der Waals surface area (Å²) >= 11 is 0. The number of carboxylic acids is 1. The highest BCUT2D eigenvalue weighted by Crippen LogP contribution is 2.21. The SMILES string of the molecule is O=C(COc1ccc2ccccc2c1)Oc1ccccc1C(=O)O. The predicted molar refractivity (Wildman–Crippen MR) is 88.5 cm³/mol. The Morgan fingerprint density at radius 1 is 0.875 bits per heavy atom. The van der Waals surface area contributed by atoms with Crippen LogP contribution in [-0.4, -0.2) is 23.7 Å². The van der Waals surface area contributed by atoms with Gasteiger partial charge in [-0.2, -0.15) is 0 Å². The van der Waals surface area contributed by atoms with Gasteiger partial charge < -0.3 is 14.6 Å². The van der Waals surface area contributed by atoms with Gasteiger partial charge in [0.05, 0.1) is 0 Å². The molecule has 0 saturated heterocycles. The van der Waals surface area contributed by atoms with Gasteiger partial charge in [-0.15, -0.1) is 0 Å². The molecule has 0 saturated carbocycles. The Labute approximate surface area is 138 Å². The van der Waals surface area contributed by atoms with E-state index in [1.807, 2.05) is 36.4 Å². The average Bonchev–Trinajstić information content (AvgIpc) is 2.60. The lowest BCUT2D eigenvalue weighted by atomic mass is 10.1. The second-order valence-electron chi connectivity index (χ2n) is 5.07. The monoisotopic (exact) mass is 322 g/mol. The first-order chi connectivity index (χ1) is 11.6. The maximum absolute atomic E-state index is 11.9. The predicted octanol–water partition coefficient (Wildman–Crippen LogP) is 3.52. The van der Waals surface area contributed by atoms with Crippen LogP contribution in [0.4, 0.5) is 0 Å². The molecule has 5 heteroatoms. The fraction of sp³-hybridized carbons (Fsp3) is 0.0526. The Bertz CT molecular complexity index is 901. The summed E-state index contributed by atoms with van der Waals surface area (Å²) in [6.07, 6.45) is 0. The molecule has 0 fully saturated rings. The topological polar surface area (TPSA) is 72.8 Å². The van der Waals surface area contributed by atoms with Crippen molar-refractivity contribution in [2.24, 2.45) is 0 Å². The van der Waals surface area contributed by atoms with Crippen LogP contribution in [0.2, 0.25) is 0 Å². The van der Waals surface area contributed by atoms with Crippen molar-refractivity contribution in [3.8, 4) is 11.5 Å². The molecule has 0 aromatic heterocycles. The summed E-state index contributed by atoms with van der Waals surface area (Å²) in [6, 6.07) is 19.2. The van der Waals surface area contributed by atoms with Crippen LogP contribution in [0.3, 0.4) is 0 Å². The number of carbonyl (C=O) groups is 2. The van der Waals surface area contributed by atoms with Crippen LogP contribution >= 0.6 is 0 Å². The minimum Gasteiger partial charge on any atom is -0.482 e. The van der Waals surface area contributed by atoms with Gasteiger partial charge in [0.1, 0.15) is 17.1 Å². The van der Waals surface area contributed by atoms with Gasteiger partial charge in [-0.05, 0) is 35.0 Å². The third-order valence-corrected chi connectivity index (χ3v) is 3.42. The van der Waals surface area contributed by atoms with Crippen molar-refractivity contribution in [1.82, 2.24) is 0 Å². The Hall–Kier alpha value is -3.34. The number of rotatable bonds is 5. The molecule has 120 valence electrons. The Kier molecular flexibility index (Phi) is 4.43. The zero-order chi connectivity index (χ0) is 16.9. The molecular formula is C19H14O5. The van der Waals surface area contributed by atoms with E-state index in [4.69, 9.17) is 14.6 Å². The Balaban J connectivity index is 1.66. The van der Waals surface area contributed by atoms with E-state index in [0.717, 1.165) is 10.8 Å². The number of carbonyl (C=O) groups excluding carboxylic acids is 1. The number of aromatic carboxylic acids is 1. The molecule has 0 spiro atoms. The van der Waals surface area contributed by atoms with Crippen molar-refractivity contribution in [3.63, 3.8) is 0 Å². The molecule has 0 heterocycles. The number of carboxylic acid groups (broad SMARTS) is 1. The largest absolute Gasteiger partial charge is 0.482 e. The maximum Gasteiger partial charge on any atom is 0.349 e. The van der Waals surface area contributed by atoms with Crippen LogP contribution in [0, 0.1) is 0 Å². The first-order valence-electron chi connectivity index (χ1n) is 7.28. The quantitative estimate of drug-likeness (QED) is 0.575. The normalized spacial score (nSPS) is 10.3. The molecule has 0 unspecified atom stereocenters. The zero-order valence-electron chi connectivity index (χ0n) is 12.6. The van der Waals surface area contributed by atoms with E-state index in [1.165, 1.54) is 12.1 Å². The Morgan fingerprint density at radius 3 is 2.38 bits per heavy atom. The molecule has 0 bridgehead atoms. The fourth-order valence-electron chi connectivity index (χ4n) is 2.28. The lowest BCUT2D eigenvalue weighted by Crippen LogP contribution is -2.19. The van der Waals surface area contributed by atoms with Crippen molar-refractivity contribution in [1.29, 1.82) is 0 Å². The summed E-state index contributed by atoms with van der Waals surface area (Å²) in [5, 5.41) is 11.1. The van der Waals surface area contributed by atoms with E-state index >= 15 is 0 Å². The summed E-state index contributed by atoms with van der Waals surface area (Å²) in [5.74, 6) is -1.29. The maximum atomic E-state index is 11.9. The van der Waals surface area contributed by atoms with Gasteiger partial charge in [-0.25, -0.2) is 9.59 Å². The number of hydrogen-bond acceptors (Lipinski definition) is 4. The molecule has 5 nitrogen and oxygen atoms in total. The van der Waals surface area contributed by atoms with Crippen LogP contribution in [-0.2, 0) is 4.79 Å². The van der Waals surface area contributed by atoms with Crippen LogP contribution < -0.4 is 9.47 Å². The number of ether oxygens (including phenoxy) is 2. The molecule has 24 heavy (non-hydrogen) atoms. The standard InChI is InChI=1S/C19H14O5/c20-18(24-17-8-4-3-7-16(17)19(21)22)12-23-15-10-9-13-5-1-2-6-14(13)11-15/h1-11H,12H2,(H,21,22). The summed E-state index contributed by atoms with van der Waals surface area (Å²) in [7, 11) is 0. The molecule has 0 atom stereocenters. The molecule has 3 aromatic rings. The van der Waals surface area contributed by atoms with Gasteiger partial charge in [0.15, 0.2) is 6.61 Å². The highest BCUT2D eigenvalue weighted by atomic mass is 16.6. The van der Waals surface area contributed by atoms with Crippen LogP contribution in [0.25, 0.3) is 10.8 Å². The van der Waals surface area contributed by atoms with E-state index in [1.54, 1.807) is 18.2 Å². The lowest BCUT2D eigenvalue weighted by Gasteiger charge is -2.09. The third-order valence-electron chi connectivity index (χ3n) is 3.42. The van der Waals surface area contributed by atoms with Crippen molar-refractivity contribution in [2.75, 3.05) is 6.61 Å². The second kappa shape index (κ2) is 6.83. The number of para-hydroxylation sites is 1. The summed E-state index contributed by atoms with van der Waals surface area (Å²) in [5.41, 5.74) is -0.0726. The number of esters is 1. The van der Waals surface area contributed by atoms with Crippen molar-refractivity contribution >= 4 is 22.7 Å². The van der Waals surface area contributed by atoms with Gasteiger partial charge in [0.2, 0.25) is 0 Å². The highest BCUT2D eigenvalue weighted by molar-refractivity contribution is 5.92. The van der Waals surface area contributed by atoms with E-state index < -0.39 is 11.9 Å². The molecular weight excluding hydrogens is 308 g/mol. The first kappa shape index (κ1) is 15.6. The molecule has 3 aromatic carbocycles. The molecule has 3 rings (SSSR count). The average molecular weight is 322 g/mol. The summed E-state index contributed by atoms with van der Waals surface area (Å²) in [6.45, 7) is -0.313. The minimum atomic E-state index is -1.16. The van der Waals surface area contributed by atoms with Gasteiger partial charge in [0.25, 0.3) is 0 Å². The number of benzene rings is 3. The van der Waals surface area contributed by atoms with Crippen molar-refractivity contribution in [3.05, 3.63) is 72.3 Å². The van der Waals surface area contributed by atoms with Crippen molar-refractivity contribution < 1.29 is 24.2 Å². The molecule has 0 radical (unpaired) electrons. The highest BCUT2D eigenvalue weighted by Gasteiger charge is 2.14. The van der Waals surface area contributed by atoms with Gasteiger partial charge in [-0.1, -0.05) is 42.5 Å². The van der Waals surface area contributed by atoms with E-state index in [-0.39, 0.29) is 17.9 Å². The molecule has 1 N–H and O–H groups in total. The van der Waals surface area contributed by atoms with Crippen molar-refractivity contribution in [2.45, 2.75) is 0 Å². The van der Waals surface area contributed by atoms with E-state index in [2.05, 4.69) is 0 Å². The number of hydrogen-bond donors (Lipinski definition) is 1. The van der Waals surface area contributed by atoms with Crippen LogP contribution in [0.5, 0.6) is 11.5 Å². The van der Waals surface area contributed by atoms with E-state index in [9.17, 15) is 9.59 Å². The second-order valence-corrected chi connectivity index (χ2v) is 5.07. The smallest absolute Gasteiger partial charge is 0.349 e. The van der Waals surface area contributed by atoms with Gasteiger partial charge in [-0.3, -0.25) is 0 Å². The first-order valence-corrected chi connectivity index (χ1v) is 7.28. The summed E-state index contributed by atoms with van der Waals surface area (Å²) < 4.78 is 10.5. The molecule has 0 amide bonds. The van der Waals surface area contributed by atoms with Gasteiger partial charge >= 0.3 is 11.9 Å². The zero-order valence-corrected chi connectivity index (χ0v) is 12.6. The summed E-state index contributed by atoms with van der Waals surface area (Å²) in [4.78, 5) is 23.0. The Morgan fingerprint density at radius 2 is 1.58 bits per heavy atom. The lowest BCUT2D eigenvalue weighted by molar-refractivity contribution is -0.136. The molecule has 0 aliphatic carbocycles. The van der Waals surface area contributed by atoms with Crippen LogP contribution in [0.15, 0.2) is 66.7 Å². The number of fused-ring (bicyclic) bond motifs is 1. The van der Waals surface area contributed by atoms with Gasteiger partial charge in [0, 0.05) is 0 Å². The third kappa shape index (κ3) is 3.52. The minimum absolute atomic E-state index is 0.00267. The fourth-order valence-corrected chi connectivity index (χ4v) is 2.28. The molecule has 0 aliphatic rings. The molecule has 0 aliphatic heterocycles. The van der Waals surface area contributed by atoms with Crippen LogP contribution in [0.1, 0.15) is 10.4 Å².